The van der Waals surface area contributed by atoms with Crippen LogP contribution in [-0.2, 0) is 0 Å². The van der Waals surface area contributed by atoms with Gasteiger partial charge in [-0.05, 0) is 43.3 Å². The molecule has 6 nitrogen and oxygen atoms in total. The van der Waals surface area contributed by atoms with Crippen molar-refractivity contribution < 1.29 is 9.53 Å². The summed E-state index contributed by atoms with van der Waals surface area (Å²) in [6.45, 7) is 1.89. The van der Waals surface area contributed by atoms with Gasteiger partial charge < -0.3 is 10.1 Å². The third-order valence-corrected chi connectivity index (χ3v) is 4.03. The topological polar surface area (TPSA) is 69.0 Å². The van der Waals surface area contributed by atoms with Crippen molar-refractivity contribution >= 4 is 11.7 Å². The predicted octanol–water partition coefficient (Wildman–Crippen LogP) is 4.62. The van der Waals surface area contributed by atoms with E-state index >= 15 is 0 Å². The number of pyridine rings is 1. The Balaban J connectivity index is 1.56. The van der Waals surface area contributed by atoms with Crippen LogP contribution in [0.1, 0.15) is 16.1 Å². The summed E-state index contributed by atoms with van der Waals surface area (Å²) >= 11 is 0. The minimum absolute atomic E-state index is 0.247. The molecular weight excluding hydrogens is 352 g/mol. The Morgan fingerprint density at radius 3 is 2.57 bits per heavy atom. The van der Waals surface area contributed by atoms with Crippen molar-refractivity contribution in [1.29, 1.82) is 0 Å². The first kappa shape index (κ1) is 17.5. The molecule has 0 unspecified atom stereocenters. The minimum atomic E-state index is -0.247. The molecule has 0 fully saturated rings. The minimum Gasteiger partial charge on any atom is -0.439 e. The van der Waals surface area contributed by atoms with Gasteiger partial charge in [-0.3, -0.25) is 4.79 Å². The van der Waals surface area contributed by atoms with Gasteiger partial charge in [0.2, 0.25) is 5.88 Å². The molecule has 138 valence electrons. The maximum Gasteiger partial charge on any atom is 0.256 e. The van der Waals surface area contributed by atoms with Crippen LogP contribution in [0.25, 0.3) is 5.69 Å². The summed E-state index contributed by atoms with van der Waals surface area (Å²) in [4.78, 5) is 16.9. The van der Waals surface area contributed by atoms with Crippen molar-refractivity contribution in [2.75, 3.05) is 5.32 Å². The van der Waals surface area contributed by atoms with Crippen LogP contribution >= 0.6 is 0 Å². The number of carbonyl (C=O) groups excluding carboxylic acids is 1. The van der Waals surface area contributed by atoms with Gasteiger partial charge in [0.15, 0.2) is 0 Å². The lowest BCUT2D eigenvalue weighted by Crippen LogP contribution is -2.15. The first-order valence-electron chi connectivity index (χ1n) is 8.81. The molecule has 0 saturated carbocycles. The highest BCUT2D eigenvalue weighted by molar-refractivity contribution is 6.04. The molecule has 0 bridgehead atoms. The number of rotatable bonds is 5. The zero-order valence-electron chi connectivity index (χ0n) is 15.2. The second-order valence-electron chi connectivity index (χ2n) is 6.17. The molecule has 1 amide bonds. The van der Waals surface area contributed by atoms with E-state index in [1.165, 1.54) is 0 Å². The molecular formula is C22H18N4O2. The summed E-state index contributed by atoms with van der Waals surface area (Å²) in [6.07, 6.45) is 1.65. The summed E-state index contributed by atoms with van der Waals surface area (Å²) in [7, 11) is 0. The lowest BCUT2D eigenvalue weighted by molar-refractivity contribution is 0.102. The Morgan fingerprint density at radius 2 is 1.79 bits per heavy atom. The molecule has 0 saturated heterocycles. The van der Waals surface area contributed by atoms with E-state index in [4.69, 9.17) is 4.74 Å². The lowest BCUT2D eigenvalue weighted by Gasteiger charge is -2.10. The number of hydrogen-bond donors (Lipinski definition) is 1. The summed E-state index contributed by atoms with van der Waals surface area (Å²) in [5.41, 5.74) is 2.16. The first-order chi connectivity index (χ1) is 13.7. The number of benzene rings is 2. The van der Waals surface area contributed by atoms with Gasteiger partial charge in [-0.25, -0.2) is 9.67 Å². The number of hydrogen-bond acceptors (Lipinski definition) is 4. The summed E-state index contributed by atoms with van der Waals surface area (Å²) in [5, 5.41) is 7.40. The largest absolute Gasteiger partial charge is 0.439 e. The molecule has 4 rings (SSSR count). The van der Waals surface area contributed by atoms with Crippen molar-refractivity contribution in [2.24, 2.45) is 0 Å². The normalized spacial score (nSPS) is 10.5. The molecule has 0 aliphatic carbocycles. The molecule has 0 aliphatic rings. The number of anilines is 1. The average Bonchev–Trinajstić information content (AvgIpc) is 3.09. The molecule has 0 atom stereocenters. The van der Waals surface area contributed by atoms with Crippen LogP contribution < -0.4 is 10.1 Å². The van der Waals surface area contributed by atoms with Gasteiger partial charge in [-0.2, -0.15) is 5.10 Å². The third-order valence-electron chi connectivity index (χ3n) is 4.03. The molecule has 2 heterocycles. The number of aromatic nitrogens is 3. The number of para-hydroxylation sites is 1. The van der Waals surface area contributed by atoms with Crippen molar-refractivity contribution in [3.8, 4) is 17.3 Å². The molecule has 0 radical (unpaired) electrons. The molecule has 2 aromatic heterocycles. The van der Waals surface area contributed by atoms with Crippen molar-refractivity contribution in [3.05, 3.63) is 96.3 Å². The molecule has 6 heteroatoms. The number of nitrogens with one attached hydrogen (secondary N) is 1. The van der Waals surface area contributed by atoms with Crippen LogP contribution in [0.4, 0.5) is 5.82 Å². The maximum absolute atomic E-state index is 12.8. The number of carbonyl (C=O) groups is 1. The zero-order valence-corrected chi connectivity index (χ0v) is 15.2. The molecule has 4 aromatic rings. The van der Waals surface area contributed by atoms with E-state index in [9.17, 15) is 4.79 Å². The summed E-state index contributed by atoms with van der Waals surface area (Å²) < 4.78 is 7.42. The number of nitrogens with zero attached hydrogens (tertiary/aromatic N) is 3. The molecule has 1 N–H and O–H groups in total. The molecule has 0 aliphatic heterocycles. The predicted molar refractivity (Wildman–Crippen MR) is 107 cm³/mol. The van der Waals surface area contributed by atoms with Gasteiger partial charge in [-0.1, -0.05) is 30.3 Å². The van der Waals surface area contributed by atoms with Crippen LogP contribution in [-0.4, -0.2) is 20.7 Å². The quantitative estimate of drug-likeness (QED) is 0.556. The maximum atomic E-state index is 12.8. The summed E-state index contributed by atoms with van der Waals surface area (Å²) in [5.74, 6) is 1.37. The highest BCUT2D eigenvalue weighted by Gasteiger charge is 2.13. The van der Waals surface area contributed by atoms with Crippen molar-refractivity contribution in [3.63, 3.8) is 0 Å². The second kappa shape index (κ2) is 7.75. The fraction of sp³-hybridized carbons (Fsp3) is 0.0455. The molecule has 2 aromatic carbocycles. The molecule has 0 spiro atoms. The van der Waals surface area contributed by atoms with Gasteiger partial charge in [0.1, 0.15) is 11.6 Å². The van der Waals surface area contributed by atoms with E-state index in [1.807, 2.05) is 55.5 Å². The van der Waals surface area contributed by atoms with Crippen LogP contribution in [0.2, 0.25) is 0 Å². The van der Waals surface area contributed by atoms with Crippen LogP contribution in [0.5, 0.6) is 11.6 Å². The highest BCUT2D eigenvalue weighted by Crippen LogP contribution is 2.22. The van der Waals surface area contributed by atoms with Crippen molar-refractivity contribution in [1.82, 2.24) is 14.8 Å². The Hall–Kier alpha value is -3.93. The van der Waals surface area contributed by atoms with E-state index in [2.05, 4.69) is 15.4 Å². The molecule has 28 heavy (non-hydrogen) atoms. The third kappa shape index (κ3) is 3.91. The Labute approximate surface area is 162 Å². The van der Waals surface area contributed by atoms with Gasteiger partial charge in [0, 0.05) is 23.9 Å². The fourth-order valence-corrected chi connectivity index (χ4v) is 2.77. The Kier molecular flexibility index (Phi) is 4.84. The van der Waals surface area contributed by atoms with Crippen molar-refractivity contribution in [2.45, 2.75) is 6.92 Å². The monoisotopic (exact) mass is 370 g/mol. The van der Waals surface area contributed by atoms with Gasteiger partial charge in [-0.15, -0.1) is 0 Å². The second-order valence-corrected chi connectivity index (χ2v) is 6.17. The van der Waals surface area contributed by atoms with E-state index < -0.39 is 0 Å². The number of ether oxygens (including phenoxy) is 1. The van der Waals surface area contributed by atoms with E-state index in [0.717, 1.165) is 11.4 Å². The SMILES string of the molecule is Cc1cc(NC(=O)c2cccc(Oc3ccccn3)c2)n(-c2ccccc2)n1. The Morgan fingerprint density at radius 1 is 0.964 bits per heavy atom. The van der Waals surface area contributed by atoms with E-state index in [1.54, 1.807) is 41.2 Å². The number of amides is 1. The van der Waals surface area contributed by atoms with E-state index in [-0.39, 0.29) is 5.91 Å². The first-order valence-corrected chi connectivity index (χ1v) is 8.81. The van der Waals surface area contributed by atoms with Crippen LogP contribution in [0, 0.1) is 6.92 Å². The van der Waals surface area contributed by atoms with Gasteiger partial charge >= 0.3 is 0 Å². The van der Waals surface area contributed by atoms with Gasteiger partial charge in [0.25, 0.3) is 5.91 Å². The van der Waals surface area contributed by atoms with Crippen LogP contribution in [0.15, 0.2) is 85.1 Å². The van der Waals surface area contributed by atoms with Crippen LogP contribution in [0.3, 0.4) is 0 Å². The zero-order chi connectivity index (χ0) is 19.3. The Bertz CT molecular complexity index is 1090. The smallest absolute Gasteiger partial charge is 0.256 e. The highest BCUT2D eigenvalue weighted by atomic mass is 16.5. The summed E-state index contributed by atoms with van der Waals surface area (Å²) in [6, 6.07) is 23.9. The van der Waals surface area contributed by atoms with E-state index in [0.29, 0.717) is 23.0 Å². The average molecular weight is 370 g/mol. The lowest BCUT2D eigenvalue weighted by atomic mass is 10.2. The van der Waals surface area contributed by atoms with Gasteiger partial charge in [0.05, 0.1) is 11.4 Å². The number of aryl methyl sites for hydroxylation is 1. The standard InChI is InChI=1S/C22H18N4O2/c1-16-14-20(26(25-16)18-9-3-2-4-10-18)24-22(27)17-8-7-11-19(15-17)28-21-12-5-6-13-23-21/h2-15H,1H3,(H,24,27). The fourth-order valence-electron chi connectivity index (χ4n) is 2.77.